The number of carbonyl (C=O) groups excluding carboxylic acids is 1. The van der Waals surface area contributed by atoms with E-state index in [1.54, 1.807) is 31.4 Å². The molecule has 1 heterocycles. The molecule has 1 N–H and O–H groups in total. The van der Waals surface area contributed by atoms with E-state index in [0.717, 1.165) is 11.1 Å². The number of aromatic nitrogens is 2. The van der Waals surface area contributed by atoms with Crippen LogP contribution in [0.2, 0.25) is 0 Å². The molecule has 156 valence electrons. The van der Waals surface area contributed by atoms with Crippen molar-refractivity contribution < 1.29 is 14.3 Å². The van der Waals surface area contributed by atoms with Crippen LogP contribution in [0, 0.1) is 6.92 Å². The lowest BCUT2D eigenvalue weighted by molar-refractivity contribution is -0.119. The van der Waals surface area contributed by atoms with Crippen molar-refractivity contribution in [3.05, 3.63) is 70.5 Å². The Balaban J connectivity index is 1.89. The number of methoxy groups -OCH3 is 2. The van der Waals surface area contributed by atoms with E-state index in [0.29, 0.717) is 29.3 Å². The van der Waals surface area contributed by atoms with Crippen molar-refractivity contribution in [1.29, 1.82) is 0 Å². The zero-order valence-electron chi connectivity index (χ0n) is 17.5. The van der Waals surface area contributed by atoms with Crippen molar-refractivity contribution in [2.24, 2.45) is 0 Å². The first kappa shape index (κ1) is 21.1. The Hall–Kier alpha value is -3.61. The highest BCUT2D eigenvalue weighted by molar-refractivity contribution is 5.94. The second-order valence-electron chi connectivity index (χ2n) is 6.85. The van der Waals surface area contributed by atoms with Gasteiger partial charge in [0, 0.05) is 23.4 Å². The predicted octanol–water partition coefficient (Wildman–Crippen LogP) is 3.83. The number of hydrogen-bond acceptors (Lipinski definition) is 5. The highest BCUT2D eigenvalue weighted by Gasteiger charge is 2.22. The van der Waals surface area contributed by atoms with Gasteiger partial charge in [-0.05, 0) is 31.5 Å². The molecular formula is C23H25N3O4. The fourth-order valence-electron chi connectivity index (χ4n) is 3.14. The maximum atomic E-state index is 13.0. The molecule has 1 amide bonds. The monoisotopic (exact) mass is 407 g/mol. The minimum absolute atomic E-state index is 0.333. The molecule has 0 fully saturated rings. The second kappa shape index (κ2) is 9.26. The molecule has 1 aromatic heterocycles. The first-order valence-electron chi connectivity index (χ1n) is 9.66. The fourth-order valence-corrected chi connectivity index (χ4v) is 3.14. The molecule has 7 nitrogen and oxygen atoms in total. The average molecular weight is 407 g/mol. The van der Waals surface area contributed by atoms with E-state index >= 15 is 0 Å². The van der Waals surface area contributed by atoms with Gasteiger partial charge in [0.05, 0.1) is 19.9 Å². The predicted molar refractivity (Wildman–Crippen MR) is 116 cm³/mol. The van der Waals surface area contributed by atoms with Gasteiger partial charge in [0.1, 0.15) is 6.04 Å². The summed E-state index contributed by atoms with van der Waals surface area (Å²) in [5.74, 6) is 0.728. The molecule has 3 rings (SSSR count). The van der Waals surface area contributed by atoms with Crippen LogP contribution in [-0.4, -0.2) is 29.9 Å². The normalized spacial score (nSPS) is 11.6. The number of nitrogens with one attached hydrogen (secondary N) is 1. The van der Waals surface area contributed by atoms with Crippen LogP contribution in [0.5, 0.6) is 11.5 Å². The molecule has 3 aromatic rings. The van der Waals surface area contributed by atoms with Crippen LogP contribution in [-0.2, 0) is 4.79 Å². The van der Waals surface area contributed by atoms with Crippen molar-refractivity contribution in [3.8, 4) is 22.8 Å². The van der Waals surface area contributed by atoms with Gasteiger partial charge in [-0.2, -0.15) is 5.10 Å². The lowest BCUT2D eigenvalue weighted by Gasteiger charge is -2.18. The summed E-state index contributed by atoms with van der Waals surface area (Å²) in [4.78, 5) is 25.4. The quantitative estimate of drug-likeness (QED) is 0.644. The Bertz CT molecular complexity index is 1090. The second-order valence-corrected chi connectivity index (χ2v) is 6.85. The maximum Gasteiger partial charge on any atom is 0.267 e. The number of aryl methyl sites for hydroxylation is 1. The van der Waals surface area contributed by atoms with Crippen LogP contribution in [0.25, 0.3) is 11.3 Å². The smallest absolute Gasteiger partial charge is 0.267 e. The van der Waals surface area contributed by atoms with E-state index in [2.05, 4.69) is 10.4 Å². The summed E-state index contributed by atoms with van der Waals surface area (Å²) in [7, 11) is 3.07. The molecule has 0 radical (unpaired) electrons. The molecule has 0 saturated heterocycles. The molecule has 2 aromatic carbocycles. The minimum atomic E-state index is -0.754. The third-order valence-electron chi connectivity index (χ3n) is 4.81. The summed E-state index contributed by atoms with van der Waals surface area (Å²) >= 11 is 0. The minimum Gasteiger partial charge on any atom is -0.493 e. The van der Waals surface area contributed by atoms with Gasteiger partial charge in [-0.1, -0.05) is 36.8 Å². The van der Waals surface area contributed by atoms with Gasteiger partial charge in [-0.3, -0.25) is 9.59 Å². The molecule has 0 aliphatic carbocycles. The third-order valence-corrected chi connectivity index (χ3v) is 4.81. The Morgan fingerprint density at radius 1 is 1.03 bits per heavy atom. The topological polar surface area (TPSA) is 82.4 Å². The number of nitrogens with zero attached hydrogens (tertiary/aromatic N) is 2. The van der Waals surface area contributed by atoms with E-state index in [4.69, 9.17) is 9.47 Å². The van der Waals surface area contributed by atoms with Crippen molar-refractivity contribution in [2.45, 2.75) is 26.3 Å². The van der Waals surface area contributed by atoms with Crippen LogP contribution in [0.4, 0.5) is 5.69 Å². The van der Waals surface area contributed by atoms with E-state index in [1.165, 1.54) is 17.9 Å². The number of benzene rings is 2. The fraction of sp³-hybridized carbons (Fsp3) is 0.261. The molecule has 0 aliphatic rings. The Morgan fingerprint density at radius 2 is 1.73 bits per heavy atom. The van der Waals surface area contributed by atoms with Crippen molar-refractivity contribution in [3.63, 3.8) is 0 Å². The summed E-state index contributed by atoms with van der Waals surface area (Å²) < 4.78 is 11.7. The highest BCUT2D eigenvalue weighted by Crippen LogP contribution is 2.30. The van der Waals surface area contributed by atoms with Crippen LogP contribution in [0.3, 0.4) is 0 Å². The number of rotatable bonds is 7. The van der Waals surface area contributed by atoms with Crippen LogP contribution >= 0.6 is 0 Å². The molecule has 30 heavy (non-hydrogen) atoms. The molecular weight excluding hydrogens is 382 g/mol. The van der Waals surface area contributed by atoms with Gasteiger partial charge < -0.3 is 14.8 Å². The Morgan fingerprint density at radius 3 is 2.37 bits per heavy atom. The first-order valence-corrected chi connectivity index (χ1v) is 9.66. The molecule has 0 bridgehead atoms. The molecule has 0 saturated carbocycles. The van der Waals surface area contributed by atoms with Crippen molar-refractivity contribution in [2.75, 3.05) is 19.5 Å². The average Bonchev–Trinajstić information content (AvgIpc) is 2.76. The Kier molecular flexibility index (Phi) is 6.51. The van der Waals surface area contributed by atoms with Gasteiger partial charge in [0.25, 0.3) is 5.56 Å². The van der Waals surface area contributed by atoms with Crippen molar-refractivity contribution in [1.82, 2.24) is 9.78 Å². The van der Waals surface area contributed by atoms with Gasteiger partial charge >= 0.3 is 0 Å². The third kappa shape index (κ3) is 4.51. The number of anilines is 1. The number of amides is 1. The first-order chi connectivity index (χ1) is 14.5. The van der Waals surface area contributed by atoms with Gasteiger partial charge in [0.2, 0.25) is 5.91 Å². The maximum absolute atomic E-state index is 13.0. The summed E-state index contributed by atoms with van der Waals surface area (Å²) in [5.41, 5.74) is 2.85. The summed E-state index contributed by atoms with van der Waals surface area (Å²) in [6.07, 6.45) is 0.406. The van der Waals surface area contributed by atoms with Crippen LogP contribution < -0.4 is 20.3 Å². The Labute approximate surface area is 175 Å². The van der Waals surface area contributed by atoms with Gasteiger partial charge in [-0.15, -0.1) is 0 Å². The zero-order valence-corrected chi connectivity index (χ0v) is 17.5. The lowest BCUT2D eigenvalue weighted by Crippen LogP contribution is -2.34. The molecule has 7 heteroatoms. The van der Waals surface area contributed by atoms with E-state index in [9.17, 15) is 9.59 Å². The molecule has 0 spiro atoms. The van der Waals surface area contributed by atoms with E-state index in [-0.39, 0.29) is 11.5 Å². The van der Waals surface area contributed by atoms with Crippen molar-refractivity contribution >= 4 is 11.6 Å². The number of hydrogen-bond donors (Lipinski definition) is 1. The zero-order chi connectivity index (χ0) is 21.7. The van der Waals surface area contributed by atoms with Crippen LogP contribution in [0.1, 0.15) is 24.9 Å². The lowest BCUT2D eigenvalue weighted by atomic mass is 10.1. The number of carbonyl (C=O) groups is 1. The number of ether oxygens (including phenoxy) is 2. The van der Waals surface area contributed by atoms with E-state index < -0.39 is 6.04 Å². The molecule has 0 unspecified atom stereocenters. The molecule has 1 atom stereocenters. The summed E-state index contributed by atoms with van der Waals surface area (Å²) in [6, 6.07) is 15.3. The summed E-state index contributed by atoms with van der Waals surface area (Å²) in [5, 5.41) is 7.30. The van der Waals surface area contributed by atoms with E-state index in [1.807, 2.05) is 38.1 Å². The SMILES string of the molecule is CC[C@H](C(=O)Nc1ccc(OC)c(OC)c1)n1nc(-c2ccc(C)cc2)ccc1=O. The highest BCUT2D eigenvalue weighted by atomic mass is 16.5. The van der Waals surface area contributed by atoms with Crippen LogP contribution in [0.15, 0.2) is 59.4 Å². The summed E-state index contributed by atoms with van der Waals surface area (Å²) in [6.45, 7) is 3.84. The standard InChI is InChI=1S/C23H25N3O4/c1-5-19(23(28)24-17-10-12-20(29-3)21(14-17)30-4)26-22(27)13-11-18(25-26)16-8-6-15(2)7-9-16/h6-14,19H,5H2,1-4H3,(H,24,28)/t19-/m1/s1. The molecule has 0 aliphatic heterocycles. The van der Waals surface area contributed by atoms with Gasteiger partial charge in [0.15, 0.2) is 11.5 Å². The van der Waals surface area contributed by atoms with Gasteiger partial charge in [-0.25, -0.2) is 4.68 Å². The largest absolute Gasteiger partial charge is 0.493 e.